The van der Waals surface area contributed by atoms with Gasteiger partial charge < -0.3 is 14.3 Å². The highest BCUT2D eigenvalue weighted by atomic mass is 28.4. The van der Waals surface area contributed by atoms with E-state index in [1.54, 1.807) is 0 Å². The van der Waals surface area contributed by atoms with Gasteiger partial charge in [0.2, 0.25) is 0 Å². The summed E-state index contributed by atoms with van der Waals surface area (Å²) in [5.74, 6) is -0.207. The molecule has 0 aliphatic carbocycles. The van der Waals surface area contributed by atoms with Crippen molar-refractivity contribution in [2.75, 3.05) is 13.2 Å². The smallest absolute Gasteiger partial charge is 0.305 e. The van der Waals surface area contributed by atoms with Crippen LogP contribution in [0.25, 0.3) is 0 Å². The fourth-order valence-corrected chi connectivity index (χ4v) is 10.9. The van der Waals surface area contributed by atoms with Crippen LogP contribution in [0.15, 0.2) is 12.2 Å². The van der Waals surface area contributed by atoms with Gasteiger partial charge in [0.25, 0.3) is 0 Å². The van der Waals surface area contributed by atoms with E-state index < -0.39 is 14.4 Å². The van der Waals surface area contributed by atoms with Crippen molar-refractivity contribution in [3.05, 3.63) is 12.2 Å². The molecule has 0 amide bonds. The van der Waals surface area contributed by atoms with Crippen LogP contribution in [0.2, 0.25) is 16.6 Å². The molecule has 5 heteroatoms. The zero-order valence-corrected chi connectivity index (χ0v) is 25.4. The fourth-order valence-electron chi connectivity index (χ4n) is 5.39. The van der Waals surface area contributed by atoms with Gasteiger partial charge in [0, 0.05) is 6.42 Å². The van der Waals surface area contributed by atoms with Gasteiger partial charge in [-0.1, -0.05) is 112 Å². The number of aliphatic hydroxyl groups excluding tert-OH is 1. The van der Waals surface area contributed by atoms with Crippen LogP contribution in [0.4, 0.5) is 0 Å². The summed E-state index contributed by atoms with van der Waals surface area (Å²) < 4.78 is 11.7. The molecule has 0 radical (unpaired) electrons. The van der Waals surface area contributed by atoms with Crippen LogP contribution >= 0.6 is 0 Å². The summed E-state index contributed by atoms with van der Waals surface area (Å²) in [6.07, 6.45) is 20.5. The van der Waals surface area contributed by atoms with E-state index in [9.17, 15) is 9.90 Å². The second kappa shape index (κ2) is 21.4. The van der Waals surface area contributed by atoms with Crippen LogP contribution in [-0.2, 0) is 14.0 Å². The summed E-state index contributed by atoms with van der Waals surface area (Å²) in [6.45, 7) is 15.9. The first-order valence-corrected chi connectivity index (χ1v) is 16.9. The summed E-state index contributed by atoms with van der Waals surface area (Å²) in [7, 11) is -2.01. The molecule has 208 valence electrons. The minimum atomic E-state index is -2.01. The number of aliphatic hydroxyl groups is 1. The highest BCUT2D eigenvalue weighted by molar-refractivity contribution is 6.77. The minimum absolute atomic E-state index is 0.0304. The molecule has 0 aromatic heterocycles. The molecular formula is C30H60O4Si. The molecule has 0 aromatic carbocycles. The second-order valence-corrected chi connectivity index (χ2v) is 16.8. The van der Waals surface area contributed by atoms with Crippen LogP contribution in [0.3, 0.4) is 0 Å². The van der Waals surface area contributed by atoms with Crippen LogP contribution in [0.1, 0.15) is 138 Å². The Balaban J connectivity index is 3.79. The third-order valence-corrected chi connectivity index (χ3v) is 13.4. The first-order valence-electron chi connectivity index (χ1n) is 14.8. The lowest BCUT2D eigenvalue weighted by molar-refractivity contribution is -0.147. The van der Waals surface area contributed by atoms with E-state index >= 15 is 0 Å². The van der Waals surface area contributed by atoms with Gasteiger partial charge >= 0.3 is 5.97 Å². The number of hydrogen-bond acceptors (Lipinski definition) is 4. The Kier molecular flexibility index (Phi) is 21.0. The van der Waals surface area contributed by atoms with E-state index in [2.05, 4.69) is 60.6 Å². The van der Waals surface area contributed by atoms with E-state index in [0.29, 0.717) is 23.0 Å². The normalized spacial score (nSPS) is 13.5. The Morgan fingerprint density at radius 2 is 1.17 bits per heavy atom. The van der Waals surface area contributed by atoms with Crippen LogP contribution in [0, 0.1) is 0 Å². The topological polar surface area (TPSA) is 55.8 Å². The predicted octanol–water partition coefficient (Wildman–Crippen LogP) is 9.12. The molecule has 0 spiro atoms. The van der Waals surface area contributed by atoms with Crippen molar-refractivity contribution in [3.8, 4) is 0 Å². The van der Waals surface area contributed by atoms with E-state index in [-0.39, 0.29) is 19.2 Å². The summed E-state index contributed by atoms with van der Waals surface area (Å²) in [5, 5.41) is 10.3. The van der Waals surface area contributed by atoms with Gasteiger partial charge in [-0.25, -0.2) is 0 Å². The number of carbonyl (C=O) groups is 1. The molecule has 0 rings (SSSR count). The number of rotatable bonds is 23. The summed E-state index contributed by atoms with van der Waals surface area (Å²) >= 11 is 0. The summed E-state index contributed by atoms with van der Waals surface area (Å²) in [6, 6.07) is 0. The average Bonchev–Trinajstić information content (AvgIpc) is 2.79. The fraction of sp³-hybridized carbons (Fsp3) is 0.900. The van der Waals surface area contributed by atoms with Crippen molar-refractivity contribution in [3.63, 3.8) is 0 Å². The number of ether oxygens (including phenoxy) is 1. The van der Waals surface area contributed by atoms with E-state index in [0.717, 1.165) is 12.8 Å². The zero-order chi connectivity index (χ0) is 26.5. The third kappa shape index (κ3) is 15.9. The molecule has 0 saturated carbocycles. The SMILES string of the molecule is CCCCCCCC/C=C\CCCCCCCC(=O)OC[C@@H](O)CO[Si](C(C)C)(C(C)C)C(C)C. The Morgan fingerprint density at radius 1 is 0.714 bits per heavy atom. The summed E-state index contributed by atoms with van der Waals surface area (Å²) in [4.78, 5) is 12.0. The molecule has 0 heterocycles. The first kappa shape index (κ1) is 34.3. The Morgan fingerprint density at radius 3 is 1.66 bits per heavy atom. The monoisotopic (exact) mass is 512 g/mol. The molecule has 1 N–H and O–H groups in total. The third-order valence-electron chi connectivity index (χ3n) is 7.31. The average molecular weight is 513 g/mol. The number of esters is 1. The Hall–Kier alpha value is -0.653. The number of carbonyl (C=O) groups excluding carboxylic acids is 1. The van der Waals surface area contributed by atoms with Gasteiger partial charge in [0.15, 0.2) is 8.32 Å². The number of hydrogen-bond donors (Lipinski definition) is 1. The van der Waals surface area contributed by atoms with Gasteiger partial charge in [-0.3, -0.25) is 4.79 Å². The molecule has 4 nitrogen and oxygen atoms in total. The highest BCUT2D eigenvalue weighted by Gasteiger charge is 2.45. The molecule has 0 fully saturated rings. The van der Waals surface area contributed by atoms with Crippen molar-refractivity contribution in [2.24, 2.45) is 0 Å². The molecule has 0 bridgehead atoms. The van der Waals surface area contributed by atoms with Gasteiger partial charge in [-0.2, -0.15) is 0 Å². The van der Waals surface area contributed by atoms with Crippen molar-refractivity contribution in [2.45, 2.75) is 161 Å². The second-order valence-electron chi connectivity index (χ2n) is 11.3. The number of unbranched alkanes of at least 4 members (excludes halogenated alkanes) is 11. The maximum absolute atomic E-state index is 12.0. The lowest BCUT2D eigenvalue weighted by Gasteiger charge is -2.42. The van der Waals surface area contributed by atoms with Crippen LogP contribution in [-0.4, -0.2) is 38.7 Å². The summed E-state index contributed by atoms with van der Waals surface area (Å²) in [5.41, 5.74) is 1.41. The van der Waals surface area contributed by atoms with Crippen molar-refractivity contribution >= 4 is 14.3 Å². The van der Waals surface area contributed by atoms with Crippen LogP contribution in [0.5, 0.6) is 0 Å². The molecule has 0 unspecified atom stereocenters. The van der Waals surface area contributed by atoms with E-state index in [1.165, 1.54) is 70.6 Å². The lowest BCUT2D eigenvalue weighted by Crippen LogP contribution is -2.49. The Bertz CT molecular complexity index is 509. The predicted molar refractivity (Wildman–Crippen MR) is 153 cm³/mol. The molecule has 0 aliphatic rings. The van der Waals surface area contributed by atoms with Crippen LogP contribution < -0.4 is 0 Å². The minimum Gasteiger partial charge on any atom is -0.463 e. The number of allylic oxidation sites excluding steroid dienone is 2. The first-order chi connectivity index (χ1) is 16.7. The van der Waals surface area contributed by atoms with Crippen molar-refractivity contribution in [1.29, 1.82) is 0 Å². The zero-order valence-electron chi connectivity index (χ0n) is 24.4. The largest absolute Gasteiger partial charge is 0.463 e. The maximum atomic E-state index is 12.0. The quantitative estimate of drug-likeness (QED) is 0.0641. The molecule has 0 aromatic rings. The molecular weight excluding hydrogens is 452 g/mol. The Labute approximate surface area is 219 Å². The molecule has 0 saturated heterocycles. The van der Waals surface area contributed by atoms with Gasteiger partial charge in [-0.15, -0.1) is 0 Å². The van der Waals surface area contributed by atoms with Crippen molar-refractivity contribution < 1.29 is 19.1 Å². The maximum Gasteiger partial charge on any atom is 0.305 e. The van der Waals surface area contributed by atoms with Crippen molar-refractivity contribution in [1.82, 2.24) is 0 Å². The molecule has 35 heavy (non-hydrogen) atoms. The van der Waals surface area contributed by atoms with E-state index in [1.807, 2.05) is 0 Å². The lowest BCUT2D eigenvalue weighted by atomic mass is 10.1. The molecule has 0 aliphatic heterocycles. The molecule has 1 atom stereocenters. The van der Waals surface area contributed by atoms with E-state index in [4.69, 9.17) is 9.16 Å². The van der Waals surface area contributed by atoms with Gasteiger partial charge in [0.05, 0.1) is 6.61 Å². The van der Waals surface area contributed by atoms with Gasteiger partial charge in [-0.05, 0) is 48.7 Å². The standard InChI is InChI=1S/C30H60O4Si/c1-8-9-10-11-12-13-14-15-16-17-18-19-20-21-22-23-30(32)33-24-29(31)25-34-35(26(2)3,27(4)5)28(6)7/h15-16,26-29,31H,8-14,17-25H2,1-7H3/b16-15-/t29-/m1/s1. The van der Waals surface area contributed by atoms with Gasteiger partial charge in [0.1, 0.15) is 12.7 Å². The highest BCUT2D eigenvalue weighted by Crippen LogP contribution is 2.42.